The number of fused-ring (bicyclic) bond motifs is 1. The van der Waals surface area contributed by atoms with E-state index in [1.807, 2.05) is 0 Å². The summed E-state index contributed by atoms with van der Waals surface area (Å²) in [5.41, 5.74) is -3.74. The summed E-state index contributed by atoms with van der Waals surface area (Å²) < 4.78 is 111. The van der Waals surface area contributed by atoms with Crippen LogP contribution >= 0.6 is 0 Å². The second-order valence-corrected chi connectivity index (χ2v) is 9.65. The molecule has 4 rings (SSSR count). The topological polar surface area (TPSA) is 77.2 Å². The van der Waals surface area contributed by atoms with E-state index >= 15 is 0 Å². The van der Waals surface area contributed by atoms with Gasteiger partial charge in [0.05, 0.1) is 32.9 Å². The summed E-state index contributed by atoms with van der Waals surface area (Å²) in [6, 6.07) is 3.98. The lowest BCUT2D eigenvalue weighted by Crippen LogP contribution is -2.13. The molecule has 0 bridgehead atoms. The van der Waals surface area contributed by atoms with Crippen LogP contribution in [-0.2, 0) is 16.0 Å². The molecule has 0 amide bonds. The number of rotatable bonds is 4. The molecule has 0 atom stereocenters. The SMILES string of the molecule is CCS(=O)(=O)c1cc(-c2cc(F)c(F)cc2F)cnc1-c1coc2cc(C(F)(F)F)ccc2c1=O. The smallest absolute Gasteiger partial charge is 0.416 e. The van der Waals surface area contributed by atoms with Crippen molar-refractivity contribution in [2.24, 2.45) is 0 Å². The van der Waals surface area contributed by atoms with Crippen LogP contribution in [0.25, 0.3) is 33.4 Å². The summed E-state index contributed by atoms with van der Waals surface area (Å²) >= 11 is 0. The Morgan fingerprint density at radius 2 is 1.63 bits per heavy atom. The van der Waals surface area contributed by atoms with Gasteiger partial charge in [-0.05, 0) is 30.3 Å². The molecule has 12 heteroatoms. The number of pyridine rings is 1. The Kier molecular flexibility index (Phi) is 5.95. The average molecular weight is 513 g/mol. The molecular weight excluding hydrogens is 500 g/mol. The summed E-state index contributed by atoms with van der Waals surface area (Å²) in [6.07, 6.45) is -2.95. The van der Waals surface area contributed by atoms with Gasteiger partial charge in [0, 0.05) is 23.4 Å². The number of halogens is 6. The fourth-order valence-electron chi connectivity index (χ4n) is 3.40. The molecule has 0 saturated heterocycles. The summed E-state index contributed by atoms with van der Waals surface area (Å²) in [4.78, 5) is 16.4. The number of alkyl halides is 3. The minimum Gasteiger partial charge on any atom is -0.463 e. The van der Waals surface area contributed by atoms with E-state index in [-0.39, 0.29) is 22.1 Å². The first kappa shape index (κ1) is 24.5. The van der Waals surface area contributed by atoms with Crippen LogP contribution in [0.1, 0.15) is 12.5 Å². The third kappa shape index (κ3) is 4.41. The number of hydrogen-bond donors (Lipinski definition) is 0. The molecular formula is C23H13F6NO4S. The van der Waals surface area contributed by atoms with Crippen molar-refractivity contribution in [3.8, 4) is 22.4 Å². The summed E-state index contributed by atoms with van der Waals surface area (Å²) in [6.45, 7) is 1.30. The van der Waals surface area contributed by atoms with E-state index < -0.39 is 66.4 Å². The van der Waals surface area contributed by atoms with Crippen LogP contribution in [0.4, 0.5) is 26.3 Å². The molecule has 0 saturated carbocycles. The average Bonchev–Trinajstić information content (AvgIpc) is 2.80. The number of aromatic nitrogens is 1. The van der Waals surface area contributed by atoms with E-state index in [4.69, 9.17) is 4.42 Å². The monoisotopic (exact) mass is 513 g/mol. The minimum absolute atomic E-state index is 0.211. The molecule has 4 aromatic rings. The highest BCUT2D eigenvalue weighted by Crippen LogP contribution is 2.34. The molecule has 0 aliphatic rings. The van der Waals surface area contributed by atoms with Crippen molar-refractivity contribution in [2.45, 2.75) is 18.0 Å². The van der Waals surface area contributed by atoms with Crippen LogP contribution in [0, 0.1) is 17.5 Å². The molecule has 0 aliphatic carbocycles. The maximum atomic E-state index is 14.3. The molecule has 0 spiro atoms. The van der Waals surface area contributed by atoms with E-state index in [9.17, 15) is 39.6 Å². The maximum absolute atomic E-state index is 14.3. The molecule has 35 heavy (non-hydrogen) atoms. The van der Waals surface area contributed by atoms with Crippen molar-refractivity contribution >= 4 is 20.8 Å². The maximum Gasteiger partial charge on any atom is 0.416 e. The molecule has 182 valence electrons. The first-order valence-corrected chi connectivity index (χ1v) is 11.5. The van der Waals surface area contributed by atoms with Crippen molar-refractivity contribution in [1.82, 2.24) is 4.98 Å². The Morgan fingerprint density at radius 3 is 2.29 bits per heavy atom. The predicted molar refractivity (Wildman–Crippen MR) is 114 cm³/mol. The highest BCUT2D eigenvalue weighted by molar-refractivity contribution is 7.91. The van der Waals surface area contributed by atoms with E-state index in [1.54, 1.807) is 0 Å². The van der Waals surface area contributed by atoms with Gasteiger partial charge in [0.15, 0.2) is 21.5 Å². The quantitative estimate of drug-likeness (QED) is 0.257. The van der Waals surface area contributed by atoms with Gasteiger partial charge < -0.3 is 4.42 Å². The standard InChI is InChI=1S/C23H13F6NO4S/c1-2-35(32,33)20-5-11(14-7-17(25)18(26)8-16(14)24)9-30-21(20)15-10-34-19-6-12(23(27,28)29)3-4-13(19)22(15)31/h3-10H,2H2,1H3. The van der Waals surface area contributed by atoms with Crippen LogP contribution in [0.5, 0.6) is 0 Å². The zero-order valence-electron chi connectivity index (χ0n) is 17.6. The molecule has 0 radical (unpaired) electrons. The van der Waals surface area contributed by atoms with Crippen molar-refractivity contribution in [3.63, 3.8) is 0 Å². The van der Waals surface area contributed by atoms with Gasteiger partial charge in [-0.25, -0.2) is 21.6 Å². The van der Waals surface area contributed by atoms with Gasteiger partial charge in [0.25, 0.3) is 0 Å². The number of nitrogens with zero attached hydrogens (tertiary/aromatic N) is 1. The molecule has 2 aromatic heterocycles. The molecule has 0 unspecified atom stereocenters. The van der Waals surface area contributed by atoms with E-state index in [0.29, 0.717) is 24.3 Å². The molecule has 2 heterocycles. The lowest BCUT2D eigenvalue weighted by Gasteiger charge is -2.12. The summed E-state index contributed by atoms with van der Waals surface area (Å²) in [5.74, 6) is -4.46. The number of benzene rings is 2. The molecule has 5 nitrogen and oxygen atoms in total. The summed E-state index contributed by atoms with van der Waals surface area (Å²) in [5, 5.41) is -0.257. The highest BCUT2D eigenvalue weighted by atomic mass is 32.2. The Labute approximate surface area is 193 Å². The number of hydrogen-bond acceptors (Lipinski definition) is 5. The Balaban J connectivity index is 1.96. The van der Waals surface area contributed by atoms with Gasteiger partial charge in [-0.2, -0.15) is 13.2 Å². The van der Waals surface area contributed by atoms with Crippen LogP contribution in [0.3, 0.4) is 0 Å². The Hall–Kier alpha value is -3.67. The third-order valence-electron chi connectivity index (χ3n) is 5.25. The Morgan fingerprint density at radius 1 is 0.943 bits per heavy atom. The van der Waals surface area contributed by atoms with Crippen molar-refractivity contribution in [1.29, 1.82) is 0 Å². The van der Waals surface area contributed by atoms with Gasteiger partial charge in [0.2, 0.25) is 5.43 Å². The molecule has 0 aliphatic heterocycles. The van der Waals surface area contributed by atoms with E-state index in [0.717, 1.165) is 24.6 Å². The van der Waals surface area contributed by atoms with Gasteiger partial charge in [-0.1, -0.05) is 6.92 Å². The van der Waals surface area contributed by atoms with Gasteiger partial charge in [-0.15, -0.1) is 0 Å². The second-order valence-electron chi connectivity index (χ2n) is 7.41. The Bertz CT molecular complexity index is 1640. The first-order chi connectivity index (χ1) is 16.3. The molecule has 2 aromatic carbocycles. The third-order valence-corrected chi connectivity index (χ3v) is 6.99. The predicted octanol–water partition coefficient (Wildman–Crippen LogP) is 5.75. The van der Waals surface area contributed by atoms with Gasteiger partial charge in [0.1, 0.15) is 17.7 Å². The number of sulfone groups is 1. The van der Waals surface area contributed by atoms with Crippen molar-refractivity contribution in [3.05, 3.63) is 82.1 Å². The molecule has 0 fully saturated rings. The van der Waals surface area contributed by atoms with E-state index in [1.165, 1.54) is 6.92 Å². The zero-order chi connectivity index (χ0) is 25.7. The largest absolute Gasteiger partial charge is 0.463 e. The fourth-order valence-corrected chi connectivity index (χ4v) is 4.47. The van der Waals surface area contributed by atoms with Crippen molar-refractivity contribution < 1.29 is 39.2 Å². The minimum atomic E-state index is -4.68. The van der Waals surface area contributed by atoms with Gasteiger partial charge >= 0.3 is 6.18 Å². The summed E-state index contributed by atoms with van der Waals surface area (Å²) in [7, 11) is -4.12. The van der Waals surface area contributed by atoms with Crippen LogP contribution < -0.4 is 5.43 Å². The lowest BCUT2D eigenvalue weighted by atomic mass is 10.0. The molecule has 0 N–H and O–H groups in total. The lowest BCUT2D eigenvalue weighted by molar-refractivity contribution is -0.137. The second kappa shape index (κ2) is 8.52. The van der Waals surface area contributed by atoms with E-state index in [2.05, 4.69) is 4.98 Å². The highest BCUT2D eigenvalue weighted by Gasteiger charge is 2.31. The fraction of sp³-hybridized carbons (Fsp3) is 0.130. The van der Waals surface area contributed by atoms with Crippen LogP contribution in [-0.4, -0.2) is 19.2 Å². The van der Waals surface area contributed by atoms with Crippen LogP contribution in [0.15, 0.2) is 63.0 Å². The first-order valence-electron chi connectivity index (χ1n) is 9.84. The van der Waals surface area contributed by atoms with Crippen LogP contribution in [0.2, 0.25) is 0 Å². The van der Waals surface area contributed by atoms with Gasteiger partial charge in [-0.3, -0.25) is 9.78 Å². The normalized spacial score (nSPS) is 12.3. The van der Waals surface area contributed by atoms with Crippen molar-refractivity contribution in [2.75, 3.05) is 5.75 Å². The zero-order valence-corrected chi connectivity index (χ0v) is 18.4.